The average Bonchev–Trinajstić information content (AvgIpc) is 2.75. The van der Waals surface area contributed by atoms with E-state index in [0.29, 0.717) is 23.7 Å². The van der Waals surface area contributed by atoms with Crippen molar-refractivity contribution in [1.29, 1.82) is 0 Å². The first kappa shape index (κ1) is 28.9. The molecule has 0 bridgehead atoms. The van der Waals surface area contributed by atoms with Crippen molar-refractivity contribution in [3.63, 3.8) is 0 Å². The van der Waals surface area contributed by atoms with Crippen LogP contribution in [0.1, 0.15) is 86.1 Å². The van der Waals surface area contributed by atoms with E-state index in [4.69, 9.17) is 14.2 Å². The van der Waals surface area contributed by atoms with Crippen molar-refractivity contribution < 1.29 is 24.1 Å². The van der Waals surface area contributed by atoms with Crippen LogP contribution in [0.25, 0.3) is 0 Å². The van der Waals surface area contributed by atoms with Gasteiger partial charge >= 0.3 is 5.97 Å². The number of carboxylic acid groups (broad SMARTS) is 1. The van der Waals surface area contributed by atoms with Gasteiger partial charge in [0, 0.05) is 27.3 Å². The molecule has 2 aromatic carbocycles. The van der Waals surface area contributed by atoms with E-state index in [-0.39, 0.29) is 16.4 Å². The molecule has 1 N–H and O–H groups in total. The third-order valence-corrected chi connectivity index (χ3v) is 7.35. The highest BCUT2D eigenvalue weighted by atomic mass is 32.2. The van der Waals surface area contributed by atoms with E-state index >= 15 is 0 Å². The van der Waals surface area contributed by atoms with Crippen molar-refractivity contribution in [3.8, 4) is 17.2 Å². The predicted molar refractivity (Wildman–Crippen MR) is 145 cm³/mol. The van der Waals surface area contributed by atoms with Crippen molar-refractivity contribution in [2.24, 2.45) is 0 Å². The van der Waals surface area contributed by atoms with Gasteiger partial charge in [-0.3, -0.25) is 0 Å². The van der Waals surface area contributed by atoms with Crippen LogP contribution in [0.2, 0.25) is 0 Å². The largest absolute Gasteiger partial charge is 0.496 e. The summed E-state index contributed by atoms with van der Waals surface area (Å²) in [6, 6.07) is 4.51. The maximum Gasteiger partial charge on any atom is 0.339 e. The van der Waals surface area contributed by atoms with Crippen molar-refractivity contribution in [1.82, 2.24) is 0 Å². The second-order valence-electron chi connectivity index (χ2n) is 11.0. The molecule has 0 heterocycles. The summed E-state index contributed by atoms with van der Waals surface area (Å²) in [6.45, 7) is 19.4. The van der Waals surface area contributed by atoms with Crippen molar-refractivity contribution in [2.75, 3.05) is 26.6 Å². The van der Waals surface area contributed by atoms with Gasteiger partial charge in [-0.1, -0.05) is 41.5 Å². The summed E-state index contributed by atoms with van der Waals surface area (Å²) in [5.74, 6) is 1.98. The molecule has 0 unspecified atom stereocenters. The third kappa shape index (κ3) is 6.46. The lowest BCUT2D eigenvalue weighted by Crippen LogP contribution is -2.19. The number of carbonyl (C=O) groups is 1. The third-order valence-electron chi connectivity index (χ3n) is 6.29. The molecule has 0 atom stereocenters. The monoisotopic (exact) mass is 502 g/mol. The number of methoxy groups -OCH3 is 2. The number of hydrogen-bond donors (Lipinski definition) is 1. The van der Waals surface area contributed by atoms with E-state index in [1.54, 1.807) is 14.0 Å². The van der Waals surface area contributed by atoms with Crippen LogP contribution in [0.15, 0.2) is 17.0 Å². The van der Waals surface area contributed by atoms with Crippen LogP contribution >= 0.6 is 11.8 Å². The molecule has 0 spiro atoms. The standard InChI is InChI=1S/C29H42O5S/c1-17-18(2)24(19(3)25(32-10)23(17)27(30)31)34-13-12-14-35-20-15-21(28(4,5)6)26(33-11)22(16-20)29(7,8)9/h15-16H,12-14H2,1-11H3,(H,30,31). The molecular formula is C29H42O5S. The minimum absolute atomic E-state index is 0.0287. The molecule has 5 nitrogen and oxygen atoms in total. The minimum atomic E-state index is -0.989. The molecule has 0 fully saturated rings. The lowest BCUT2D eigenvalue weighted by atomic mass is 9.79. The molecule has 0 aromatic heterocycles. The second-order valence-corrected chi connectivity index (χ2v) is 12.2. The van der Waals surface area contributed by atoms with E-state index in [2.05, 4.69) is 53.7 Å². The number of aromatic carboxylic acids is 1. The number of benzene rings is 2. The maximum atomic E-state index is 11.7. The summed E-state index contributed by atoms with van der Waals surface area (Å²) in [5.41, 5.74) is 4.82. The molecule has 0 aliphatic heterocycles. The van der Waals surface area contributed by atoms with Gasteiger partial charge < -0.3 is 19.3 Å². The van der Waals surface area contributed by atoms with E-state index < -0.39 is 5.97 Å². The Morgan fingerprint density at radius 3 is 1.77 bits per heavy atom. The number of carboxylic acids is 1. The van der Waals surface area contributed by atoms with Gasteiger partial charge in [-0.25, -0.2) is 4.79 Å². The molecule has 2 rings (SSSR count). The zero-order valence-electron chi connectivity index (χ0n) is 23.3. The fraction of sp³-hybridized carbons (Fsp3) is 0.552. The minimum Gasteiger partial charge on any atom is -0.496 e. The van der Waals surface area contributed by atoms with Crippen molar-refractivity contribution >= 4 is 17.7 Å². The molecule has 0 radical (unpaired) electrons. The van der Waals surface area contributed by atoms with Crippen LogP contribution in [-0.4, -0.2) is 37.7 Å². The van der Waals surface area contributed by atoms with Gasteiger partial charge in [-0.2, -0.15) is 0 Å². The van der Waals surface area contributed by atoms with Gasteiger partial charge in [-0.05, 0) is 61.3 Å². The molecule has 0 aliphatic rings. The van der Waals surface area contributed by atoms with E-state index in [0.717, 1.165) is 29.1 Å². The molecular weight excluding hydrogens is 460 g/mol. The Bertz CT molecular complexity index is 1040. The Kier molecular flexibility index (Phi) is 9.21. The Balaban J connectivity index is 2.19. The van der Waals surface area contributed by atoms with Crippen LogP contribution in [-0.2, 0) is 10.8 Å². The van der Waals surface area contributed by atoms with Gasteiger partial charge in [0.2, 0.25) is 0 Å². The van der Waals surface area contributed by atoms with Gasteiger partial charge in [0.05, 0.1) is 20.8 Å². The Labute approximate surface area is 215 Å². The van der Waals surface area contributed by atoms with Gasteiger partial charge in [0.1, 0.15) is 22.8 Å². The molecule has 0 amide bonds. The molecule has 0 saturated heterocycles. The number of rotatable bonds is 9. The zero-order valence-corrected chi connectivity index (χ0v) is 24.1. The molecule has 35 heavy (non-hydrogen) atoms. The van der Waals surface area contributed by atoms with Crippen LogP contribution in [0.3, 0.4) is 0 Å². The first-order valence-electron chi connectivity index (χ1n) is 12.0. The Hall–Kier alpha value is -2.34. The maximum absolute atomic E-state index is 11.7. The number of ether oxygens (including phenoxy) is 3. The summed E-state index contributed by atoms with van der Waals surface area (Å²) in [7, 11) is 3.25. The summed E-state index contributed by atoms with van der Waals surface area (Å²) in [6.07, 6.45) is 0.854. The molecule has 0 aliphatic carbocycles. The average molecular weight is 503 g/mol. The number of thioether (sulfide) groups is 1. The van der Waals surface area contributed by atoms with Gasteiger partial charge in [-0.15, -0.1) is 11.8 Å². The van der Waals surface area contributed by atoms with Crippen molar-refractivity contribution in [3.05, 3.63) is 45.5 Å². The van der Waals surface area contributed by atoms with Crippen LogP contribution < -0.4 is 14.2 Å². The van der Waals surface area contributed by atoms with Crippen molar-refractivity contribution in [2.45, 2.75) is 84.5 Å². The highest BCUT2D eigenvalue weighted by molar-refractivity contribution is 7.99. The van der Waals surface area contributed by atoms with E-state index in [1.807, 2.05) is 25.6 Å². The topological polar surface area (TPSA) is 65.0 Å². The first-order chi connectivity index (χ1) is 16.1. The summed E-state index contributed by atoms with van der Waals surface area (Å²) < 4.78 is 17.4. The predicted octanol–water partition coefficient (Wildman–Crippen LogP) is 7.48. The lowest BCUT2D eigenvalue weighted by Gasteiger charge is -2.30. The number of hydrogen-bond acceptors (Lipinski definition) is 5. The Morgan fingerprint density at radius 1 is 0.829 bits per heavy atom. The highest BCUT2D eigenvalue weighted by Crippen LogP contribution is 2.43. The second kappa shape index (κ2) is 11.2. The van der Waals surface area contributed by atoms with E-state index in [1.165, 1.54) is 23.1 Å². The molecule has 6 heteroatoms. The Morgan fingerprint density at radius 2 is 1.34 bits per heavy atom. The van der Waals surface area contributed by atoms with Crippen LogP contribution in [0.5, 0.6) is 17.2 Å². The summed E-state index contributed by atoms with van der Waals surface area (Å²) >= 11 is 1.82. The van der Waals surface area contributed by atoms with Gasteiger partial charge in [0.25, 0.3) is 0 Å². The van der Waals surface area contributed by atoms with Crippen LogP contribution in [0, 0.1) is 20.8 Å². The van der Waals surface area contributed by atoms with Crippen LogP contribution in [0.4, 0.5) is 0 Å². The SMILES string of the molecule is COc1c(C(C)(C)C)cc(SCCCOc2c(C)c(C)c(C(=O)O)c(OC)c2C)cc1C(C)(C)C. The van der Waals surface area contributed by atoms with Gasteiger partial charge in [0.15, 0.2) is 0 Å². The molecule has 0 saturated carbocycles. The fourth-order valence-corrected chi connectivity index (χ4v) is 5.17. The molecule has 2 aromatic rings. The first-order valence-corrected chi connectivity index (χ1v) is 13.0. The summed E-state index contributed by atoms with van der Waals surface area (Å²) in [4.78, 5) is 13.0. The molecule has 194 valence electrons. The summed E-state index contributed by atoms with van der Waals surface area (Å²) in [5, 5.41) is 9.61. The fourth-order valence-electron chi connectivity index (χ4n) is 4.27. The quantitative estimate of drug-likeness (QED) is 0.283. The zero-order chi connectivity index (χ0) is 26.7. The normalized spacial score (nSPS) is 12.0. The van der Waals surface area contributed by atoms with E-state index in [9.17, 15) is 9.90 Å². The highest BCUT2D eigenvalue weighted by Gasteiger charge is 2.28. The smallest absolute Gasteiger partial charge is 0.339 e. The lowest BCUT2D eigenvalue weighted by molar-refractivity contribution is 0.0692.